The Balaban J connectivity index is -0.0000000910. The summed E-state index contributed by atoms with van der Waals surface area (Å²) in [5.74, 6) is 0. The van der Waals surface area contributed by atoms with E-state index >= 15 is 0 Å². The molecule has 0 fully saturated rings. The van der Waals surface area contributed by atoms with Gasteiger partial charge in [-0.05, 0) is 13.0 Å². The van der Waals surface area contributed by atoms with E-state index in [4.69, 9.17) is 25.0 Å². The Morgan fingerprint density at radius 1 is 1.40 bits per heavy atom. The van der Waals surface area contributed by atoms with Crippen molar-refractivity contribution < 1.29 is 45.4 Å². The minimum absolute atomic E-state index is 0. The molecule has 0 aliphatic rings. The van der Waals surface area contributed by atoms with Gasteiger partial charge < -0.3 is 20.4 Å². The average Bonchev–Trinajstić information content (AvgIpc) is 1.61. The maximum Gasteiger partial charge on any atom is 0.466 e. The molecule has 0 spiro atoms. The predicted molar refractivity (Wildman–Crippen MR) is 33.6 cm³/mol. The van der Waals surface area contributed by atoms with Crippen molar-refractivity contribution in [1.29, 1.82) is 0 Å². The largest absolute Gasteiger partial charge is 0.466 e. The molecule has 5 nitrogen and oxygen atoms in total. The summed E-state index contributed by atoms with van der Waals surface area (Å²) < 4.78 is 8.88. The van der Waals surface area contributed by atoms with Crippen LogP contribution in [0.2, 0.25) is 0 Å². The van der Waals surface area contributed by atoms with E-state index in [1.165, 1.54) is 0 Å². The molecule has 7 heteroatoms. The van der Waals surface area contributed by atoms with E-state index in [2.05, 4.69) is 6.92 Å². The van der Waals surface area contributed by atoms with E-state index in [9.17, 15) is 0 Å². The minimum atomic E-state index is -4.64. The van der Waals surface area contributed by atoms with Crippen molar-refractivity contribution in [2.75, 3.05) is 6.54 Å². The van der Waals surface area contributed by atoms with Gasteiger partial charge in [0.25, 0.3) is 0 Å². The van der Waals surface area contributed by atoms with Crippen LogP contribution in [0.1, 0.15) is 13.3 Å². The Kier molecular flexibility index (Phi) is 17.1. The molecule has 0 aromatic rings. The molecule has 62 valence electrons. The summed E-state index contributed by atoms with van der Waals surface area (Å²) in [6.45, 7) is 2.88. The zero-order valence-corrected chi connectivity index (χ0v) is 9.04. The monoisotopic (exact) mass is 247 g/mol. The summed E-state index contributed by atoms with van der Waals surface area (Å²) in [6.07, 6.45) is 1.10. The third kappa shape index (κ3) is 148. The summed E-state index contributed by atoms with van der Waals surface area (Å²) in [6, 6.07) is 0. The zero-order chi connectivity index (χ0) is 7.91. The molecule has 5 N–H and O–H groups in total. The molecule has 0 saturated heterocycles. The first-order valence-corrected chi connectivity index (χ1v) is 3.96. The third-order valence-corrected chi connectivity index (χ3v) is 0.289. The first-order valence-electron chi connectivity index (χ1n) is 2.40. The van der Waals surface area contributed by atoms with Gasteiger partial charge in [0.15, 0.2) is 0 Å². The van der Waals surface area contributed by atoms with E-state index in [-0.39, 0.29) is 26.2 Å². The minimum Gasteiger partial charge on any atom is -0.330 e. The van der Waals surface area contributed by atoms with Gasteiger partial charge in [0.1, 0.15) is 0 Å². The topological polar surface area (TPSA) is 104 Å². The molecule has 0 rings (SSSR count). The Morgan fingerprint density at radius 3 is 1.50 bits per heavy atom. The first-order chi connectivity index (χ1) is 3.91. The molecule has 0 heterocycles. The molecule has 0 bridgehead atoms. The molecule has 0 aromatic carbocycles. The van der Waals surface area contributed by atoms with Crippen LogP contribution in [0.25, 0.3) is 0 Å². The number of phosphoric acid groups is 1. The maximum atomic E-state index is 8.88. The summed E-state index contributed by atoms with van der Waals surface area (Å²) in [5.41, 5.74) is 5.03. The SMILES string of the molecule is CCCN.O=P(O)(O)O.[Zr]. The van der Waals surface area contributed by atoms with Crippen molar-refractivity contribution in [1.82, 2.24) is 0 Å². The fourth-order valence-electron chi connectivity index (χ4n) is 0. The van der Waals surface area contributed by atoms with Crippen molar-refractivity contribution in [3.8, 4) is 0 Å². The molecule has 0 aliphatic carbocycles. The second-order valence-electron chi connectivity index (χ2n) is 1.30. The van der Waals surface area contributed by atoms with E-state index in [1.54, 1.807) is 0 Å². The number of nitrogens with two attached hydrogens (primary N) is 1. The third-order valence-electron chi connectivity index (χ3n) is 0.289. The van der Waals surface area contributed by atoms with Crippen LogP contribution in [-0.4, -0.2) is 21.2 Å². The molecule has 0 aliphatic heterocycles. The Labute approximate surface area is 79.0 Å². The molecule has 0 unspecified atom stereocenters. The van der Waals surface area contributed by atoms with Crippen molar-refractivity contribution in [2.45, 2.75) is 13.3 Å². The van der Waals surface area contributed by atoms with Crippen molar-refractivity contribution in [3.63, 3.8) is 0 Å². The summed E-state index contributed by atoms with van der Waals surface area (Å²) in [5, 5.41) is 0. The zero-order valence-electron chi connectivity index (χ0n) is 5.69. The van der Waals surface area contributed by atoms with Gasteiger partial charge >= 0.3 is 7.82 Å². The van der Waals surface area contributed by atoms with Gasteiger partial charge in [-0.15, -0.1) is 0 Å². The maximum absolute atomic E-state index is 8.88. The van der Waals surface area contributed by atoms with Gasteiger partial charge in [-0.3, -0.25) is 0 Å². The van der Waals surface area contributed by atoms with Crippen LogP contribution in [0.15, 0.2) is 0 Å². The standard InChI is InChI=1S/C3H9N.H3O4P.Zr/c1-2-3-4;1-5(2,3)4;/h2-4H2,1H3;(H3,1,2,3,4);. The number of hydrogen-bond acceptors (Lipinski definition) is 2. The van der Waals surface area contributed by atoms with Gasteiger partial charge in [-0.1, -0.05) is 6.92 Å². The summed E-state index contributed by atoms with van der Waals surface area (Å²) in [4.78, 5) is 21.6. The van der Waals surface area contributed by atoms with Crippen LogP contribution in [0.5, 0.6) is 0 Å². The molecular weight excluding hydrogens is 236 g/mol. The van der Waals surface area contributed by atoms with E-state index in [0.717, 1.165) is 13.0 Å². The van der Waals surface area contributed by atoms with E-state index in [0.29, 0.717) is 0 Å². The molecule has 0 amide bonds. The smallest absolute Gasteiger partial charge is 0.330 e. The van der Waals surface area contributed by atoms with Crippen LogP contribution in [0.4, 0.5) is 0 Å². The quantitative estimate of drug-likeness (QED) is 0.465. The molecule has 0 aromatic heterocycles. The van der Waals surface area contributed by atoms with Gasteiger partial charge in [0.2, 0.25) is 0 Å². The van der Waals surface area contributed by atoms with Crippen LogP contribution < -0.4 is 5.73 Å². The van der Waals surface area contributed by atoms with E-state index in [1.807, 2.05) is 0 Å². The normalized spacial score (nSPS) is 8.90. The predicted octanol–water partition coefficient (Wildman–Crippen LogP) is -0.576. The van der Waals surface area contributed by atoms with Crippen LogP contribution in [-0.2, 0) is 30.8 Å². The molecule has 0 radical (unpaired) electrons. The fraction of sp³-hybridized carbons (Fsp3) is 1.00. The second-order valence-corrected chi connectivity index (χ2v) is 2.33. The van der Waals surface area contributed by atoms with Crippen LogP contribution in [0, 0.1) is 0 Å². The Bertz CT molecular complexity index is 84.2. The summed E-state index contributed by atoms with van der Waals surface area (Å²) in [7, 11) is -4.64. The number of rotatable bonds is 1. The fourth-order valence-corrected chi connectivity index (χ4v) is 0. The molecule has 10 heavy (non-hydrogen) atoms. The second kappa shape index (κ2) is 9.95. The Hall–Kier alpha value is 0.953. The van der Waals surface area contributed by atoms with Crippen molar-refractivity contribution in [3.05, 3.63) is 0 Å². The molecular formula is C3H12NO4PZr. The average molecular weight is 248 g/mol. The van der Waals surface area contributed by atoms with Crippen molar-refractivity contribution >= 4 is 7.82 Å². The van der Waals surface area contributed by atoms with Crippen molar-refractivity contribution in [2.24, 2.45) is 5.73 Å². The summed E-state index contributed by atoms with van der Waals surface area (Å²) >= 11 is 0. The van der Waals surface area contributed by atoms with Crippen LogP contribution in [0.3, 0.4) is 0 Å². The first kappa shape index (κ1) is 17.2. The van der Waals surface area contributed by atoms with Gasteiger partial charge in [-0.2, -0.15) is 0 Å². The number of hydrogen-bond donors (Lipinski definition) is 4. The molecule has 0 atom stereocenters. The van der Waals surface area contributed by atoms with Gasteiger partial charge in [0.05, 0.1) is 0 Å². The van der Waals surface area contributed by atoms with Gasteiger partial charge in [0, 0.05) is 26.2 Å². The van der Waals surface area contributed by atoms with Gasteiger partial charge in [-0.25, -0.2) is 4.57 Å². The Morgan fingerprint density at radius 2 is 1.50 bits per heavy atom. The molecule has 0 saturated carbocycles. The van der Waals surface area contributed by atoms with E-state index < -0.39 is 7.82 Å². The van der Waals surface area contributed by atoms with Crippen LogP contribution >= 0.6 is 7.82 Å².